The van der Waals surface area contributed by atoms with Crippen LogP contribution in [0.3, 0.4) is 0 Å². The molecule has 0 heterocycles. The van der Waals surface area contributed by atoms with E-state index in [1.54, 1.807) is 23.3 Å². The fourth-order valence-corrected chi connectivity index (χ4v) is 2.80. The molecular formula is C29H30Cl2SiZr-4. The Morgan fingerprint density at radius 3 is 1.18 bits per heavy atom. The predicted octanol–water partition coefficient (Wildman–Crippen LogP) is 7.53. The number of benzene rings is 3. The van der Waals surface area contributed by atoms with Crippen molar-refractivity contribution in [3.63, 3.8) is 0 Å². The first-order chi connectivity index (χ1) is 14.9. The molecule has 3 aromatic rings. The molecular weight excluding hydrogens is 539 g/mol. The van der Waals surface area contributed by atoms with Gasteiger partial charge in [-0.05, 0) is 0 Å². The fraction of sp³-hybridized carbons (Fsp3) is 0.0690. The maximum atomic E-state index is 3.15. The van der Waals surface area contributed by atoms with Crippen LogP contribution in [0.5, 0.6) is 0 Å². The van der Waals surface area contributed by atoms with E-state index in [4.69, 9.17) is 0 Å². The number of hydrogen-bond acceptors (Lipinski definition) is 0. The number of allylic oxidation sites excluding steroid dienone is 8. The van der Waals surface area contributed by atoms with Gasteiger partial charge in [0, 0.05) is 0 Å². The Morgan fingerprint density at radius 1 is 0.576 bits per heavy atom. The van der Waals surface area contributed by atoms with E-state index >= 15 is 0 Å². The SMILES string of the molecule is Cl.Cl.[C-]1=CC(c2ccccc2)=CC1.[C-]1=CC(c2ccccc2)=CC1.[CH3-].[SiH2]=[Zr].[c-]1ccccc1. The van der Waals surface area contributed by atoms with Crippen molar-refractivity contribution in [1.82, 2.24) is 0 Å². The monoisotopic (exact) mass is 566 g/mol. The van der Waals surface area contributed by atoms with Crippen molar-refractivity contribution >= 4 is 42.8 Å². The van der Waals surface area contributed by atoms with Crippen LogP contribution in [0.25, 0.3) is 11.1 Å². The zero-order valence-corrected chi connectivity index (χ0v) is 24.4. The first-order valence-corrected chi connectivity index (χ1v) is 15.8. The third-order valence-electron chi connectivity index (χ3n) is 4.22. The van der Waals surface area contributed by atoms with Crippen LogP contribution in [0.2, 0.25) is 0 Å². The van der Waals surface area contributed by atoms with Gasteiger partial charge in [0.25, 0.3) is 0 Å². The van der Waals surface area contributed by atoms with Crippen LogP contribution >= 0.6 is 24.8 Å². The van der Waals surface area contributed by atoms with E-state index in [0.29, 0.717) is 0 Å². The van der Waals surface area contributed by atoms with Gasteiger partial charge in [0.1, 0.15) is 0 Å². The predicted molar refractivity (Wildman–Crippen MR) is 148 cm³/mol. The van der Waals surface area contributed by atoms with Crippen molar-refractivity contribution in [1.29, 1.82) is 0 Å². The van der Waals surface area contributed by atoms with Gasteiger partial charge < -0.3 is 7.43 Å². The van der Waals surface area contributed by atoms with Crippen LogP contribution in [0, 0.1) is 25.6 Å². The second kappa shape index (κ2) is 22.1. The van der Waals surface area contributed by atoms with Crippen molar-refractivity contribution in [3.8, 4) is 0 Å². The minimum atomic E-state index is 0. The Bertz CT molecular complexity index is 874. The first kappa shape index (κ1) is 33.5. The average molecular weight is 569 g/mol. The molecule has 0 bridgehead atoms. The van der Waals surface area contributed by atoms with E-state index in [1.165, 1.54) is 22.3 Å². The summed E-state index contributed by atoms with van der Waals surface area (Å²) in [6.45, 7) is 1.95. The minimum Gasteiger partial charge on any atom is -0.184 e. The molecule has 4 heteroatoms. The molecule has 0 N–H and O–H groups in total. The molecule has 0 aliphatic heterocycles. The van der Waals surface area contributed by atoms with Gasteiger partial charge >= 0.3 is 30.2 Å². The fourth-order valence-electron chi connectivity index (χ4n) is 2.80. The molecule has 0 saturated heterocycles. The Labute approximate surface area is 229 Å². The average Bonchev–Trinajstić information content (AvgIpc) is 3.59. The maximum Gasteiger partial charge on any atom is -0.171 e. The molecule has 0 atom stereocenters. The van der Waals surface area contributed by atoms with Gasteiger partial charge in [-0.25, -0.2) is 12.2 Å². The van der Waals surface area contributed by atoms with Crippen molar-refractivity contribution in [2.24, 2.45) is 0 Å². The summed E-state index contributed by atoms with van der Waals surface area (Å²) in [4.78, 5) is 0. The summed E-state index contributed by atoms with van der Waals surface area (Å²) in [6, 6.07) is 33.3. The molecule has 33 heavy (non-hydrogen) atoms. The minimum absolute atomic E-state index is 0. The van der Waals surface area contributed by atoms with Crippen molar-refractivity contribution in [2.75, 3.05) is 0 Å². The molecule has 0 radical (unpaired) electrons. The summed E-state index contributed by atoms with van der Waals surface area (Å²) in [7, 11) is 0. The molecule has 0 saturated carbocycles. The molecule has 2 aliphatic carbocycles. The van der Waals surface area contributed by atoms with Crippen molar-refractivity contribution < 1.29 is 23.3 Å². The summed E-state index contributed by atoms with van der Waals surface area (Å²) < 4.78 is 0. The number of rotatable bonds is 2. The van der Waals surface area contributed by atoms with Gasteiger partial charge in [0.2, 0.25) is 0 Å². The normalized spacial score (nSPS) is 11.6. The topological polar surface area (TPSA) is 0 Å². The smallest absolute Gasteiger partial charge is 0.171 e. The largest absolute Gasteiger partial charge is 0.184 e. The molecule has 0 fully saturated rings. The van der Waals surface area contributed by atoms with E-state index in [1.807, 2.05) is 49.3 Å². The summed E-state index contributed by atoms with van der Waals surface area (Å²) in [5.41, 5.74) is 5.17. The Hall–Kier alpha value is -1.70. The summed E-state index contributed by atoms with van der Waals surface area (Å²) >= 11 is 1.58. The molecule has 0 amide bonds. The van der Waals surface area contributed by atoms with Crippen LogP contribution in [0.15, 0.2) is 115 Å². The summed E-state index contributed by atoms with van der Waals surface area (Å²) in [5.74, 6) is 0. The molecule has 0 unspecified atom stereocenters. The van der Waals surface area contributed by atoms with Crippen molar-refractivity contribution in [2.45, 2.75) is 12.8 Å². The molecule has 0 aromatic heterocycles. The van der Waals surface area contributed by atoms with Crippen LogP contribution in [0.1, 0.15) is 24.0 Å². The molecule has 172 valence electrons. The number of hydrogen-bond donors (Lipinski definition) is 0. The molecule has 3 aromatic carbocycles. The second-order valence-corrected chi connectivity index (χ2v) is 6.23. The third kappa shape index (κ3) is 13.6. The van der Waals surface area contributed by atoms with Crippen LogP contribution < -0.4 is 0 Å². The van der Waals surface area contributed by atoms with Gasteiger partial charge in [-0.15, -0.1) is 48.8 Å². The standard InChI is InChI=1S/2C11H9.C6H5.CH3.2ClH.H2Si.Zr/c2*1-2-6-10(7-3-1)11-8-4-5-9-11;1-2-4-6-5-3-1;;;;;/h2*1-3,6-9H,4H2;1-5H;1H3;2*1H;1H2;/q4*-1;;;;. The molecule has 2 aliphatic rings. The van der Waals surface area contributed by atoms with Crippen molar-refractivity contribution in [3.05, 3.63) is 152 Å². The summed E-state index contributed by atoms with van der Waals surface area (Å²) in [6.07, 6.45) is 16.7. The Kier molecular flexibility index (Phi) is 22.4. The molecule has 0 nitrogen and oxygen atoms in total. The maximum absolute atomic E-state index is 3.15. The molecule has 0 spiro atoms. The van der Waals surface area contributed by atoms with E-state index in [9.17, 15) is 0 Å². The van der Waals surface area contributed by atoms with Gasteiger partial charge in [-0.3, -0.25) is 12.2 Å². The van der Waals surface area contributed by atoms with Crippen LogP contribution in [0.4, 0.5) is 0 Å². The first-order valence-electron chi connectivity index (χ1n) is 9.84. The zero-order chi connectivity index (χ0) is 21.3. The van der Waals surface area contributed by atoms with E-state index in [-0.39, 0.29) is 32.2 Å². The summed E-state index contributed by atoms with van der Waals surface area (Å²) in [5, 5.41) is 0. The van der Waals surface area contributed by atoms with Gasteiger partial charge in [0.05, 0.1) is 0 Å². The Balaban J connectivity index is 0. The van der Waals surface area contributed by atoms with E-state index < -0.39 is 0 Å². The van der Waals surface area contributed by atoms with Crippen LogP contribution in [-0.4, -0.2) is 6.88 Å². The van der Waals surface area contributed by atoms with Crippen LogP contribution in [-0.2, 0) is 23.3 Å². The van der Waals surface area contributed by atoms with Gasteiger partial charge in [-0.1, -0.05) is 60.7 Å². The van der Waals surface area contributed by atoms with Gasteiger partial charge in [0.15, 0.2) is 0 Å². The second-order valence-electron chi connectivity index (χ2n) is 6.23. The molecule has 5 rings (SSSR count). The van der Waals surface area contributed by atoms with Gasteiger partial charge in [-0.2, -0.15) is 59.7 Å². The number of halogens is 2. The van der Waals surface area contributed by atoms with E-state index in [2.05, 4.69) is 91.1 Å². The third-order valence-corrected chi connectivity index (χ3v) is 4.22. The zero-order valence-electron chi connectivity index (χ0n) is 18.9. The van der Waals surface area contributed by atoms with E-state index in [0.717, 1.165) is 12.8 Å². The Morgan fingerprint density at radius 2 is 0.939 bits per heavy atom. The quantitative estimate of drug-likeness (QED) is 0.222.